The Kier molecular flexibility index (Phi) is 5.63. The van der Waals surface area contributed by atoms with Crippen LogP contribution in [0.15, 0.2) is 0 Å². The summed E-state index contributed by atoms with van der Waals surface area (Å²) < 4.78 is 67.0. The molecule has 1 N–H and O–H groups in total. The molecule has 15 heavy (non-hydrogen) atoms. The highest BCUT2D eigenvalue weighted by Gasteiger charge is 2.25. The Morgan fingerprint density at radius 1 is 1.33 bits per heavy atom. The van der Waals surface area contributed by atoms with Crippen molar-refractivity contribution in [2.75, 3.05) is 12.4 Å². The zero-order valence-electron chi connectivity index (χ0n) is 8.09. The summed E-state index contributed by atoms with van der Waals surface area (Å²) in [6.45, 7) is 0.538. The lowest BCUT2D eigenvalue weighted by atomic mass is 10.4. The standard InChI is InChI=1S/C6H13FO6S2/c1-2-3-4-14(8,9)13-5-6(7)15(10,11)12/h6H,2-5H2,1H3,(H,10,11,12). The molecule has 9 heteroatoms. The average molecular weight is 264 g/mol. The van der Waals surface area contributed by atoms with Crippen LogP contribution in [-0.2, 0) is 24.4 Å². The molecule has 6 nitrogen and oxygen atoms in total. The molecule has 0 saturated heterocycles. The monoisotopic (exact) mass is 264 g/mol. The zero-order valence-corrected chi connectivity index (χ0v) is 9.72. The van der Waals surface area contributed by atoms with E-state index in [2.05, 4.69) is 4.18 Å². The Bertz CT molecular complexity index is 372. The first-order valence-corrected chi connectivity index (χ1v) is 7.24. The average Bonchev–Trinajstić information content (AvgIpc) is 2.09. The van der Waals surface area contributed by atoms with E-state index in [0.717, 1.165) is 0 Å². The van der Waals surface area contributed by atoms with Crippen LogP contribution in [-0.4, -0.2) is 39.3 Å². The molecule has 0 aromatic carbocycles. The summed E-state index contributed by atoms with van der Waals surface area (Å²) in [4.78, 5) is 0. The third kappa shape index (κ3) is 6.77. The molecule has 0 aromatic heterocycles. The fraction of sp³-hybridized carbons (Fsp3) is 1.00. The summed E-state index contributed by atoms with van der Waals surface area (Å²) >= 11 is 0. The van der Waals surface area contributed by atoms with Gasteiger partial charge in [-0.15, -0.1) is 0 Å². The summed E-state index contributed by atoms with van der Waals surface area (Å²) in [6, 6.07) is 0. The van der Waals surface area contributed by atoms with E-state index >= 15 is 0 Å². The Morgan fingerprint density at radius 3 is 2.27 bits per heavy atom. The second kappa shape index (κ2) is 5.73. The van der Waals surface area contributed by atoms with Gasteiger partial charge in [-0.3, -0.25) is 8.74 Å². The minimum atomic E-state index is -4.90. The molecule has 0 amide bonds. The molecule has 0 spiro atoms. The maximum atomic E-state index is 12.5. The lowest BCUT2D eigenvalue weighted by Crippen LogP contribution is -2.24. The van der Waals surface area contributed by atoms with Gasteiger partial charge < -0.3 is 0 Å². The molecule has 0 aliphatic rings. The van der Waals surface area contributed by atoms with Gasteiger partial charge in [0, 0.05) is 0 Å². The van der Waals surface area contributed by atoms with Gasteiger partial charge in [-0.2, -0.15) is 16.8 Å². The first-order valence-electron chi connectivity index (χ1n) is 4.16. The van der Waals surface area contributed by atoms with Crippen molar-refractivity contribution >= 4 is 20.2 Å². The van der Waals surface area contributed by atoms with Crippen LogP contribution in [0, 0.1) is 0 Å². The minimum Gasteiger partial charge on any atom is -0.283 e. The van der Waals surface area contributed by atoms with Crippen molar-refractivity contribution in [2.24, 2.45) is 0 Å². The molecule has 0 heterocycles. The Balaban J connectivity index is 4.16. The highest BCUT2D eigenvalue weighted by molar-refractivity contribution is 7.87. The van der Waals surface area contributed by atoms with E-state index in [-0.39, 0.29) is 5.75 Å². The third-order valence-corrected chi connectivity index (χ3v) is 3.52. The van der Waals surface area contributed by atoms with Gasteiger partial charge in [0.1, 0.15) is 6.61 Å². The van der Waals surface area contributed by atoms with Crippen LogP contribution in [0.1, 0.15) is 19.8 Å². The number of rotatable bonds is 7. The molecule has 1 unspecified atom stereocenters. The SMILES string of the molecule is CCCCS(=O)(=O)OCC(F)S(=O)(=O)O. The van der Waals surface area contributed by atoms with Crippen LogP contribution in [0.4, 0.5) is 4.39 Å². The smallest absolute Gasteiger partial charge is 0.283 e. The topological polar surface area (TPSA) is 97.7 Å². The van der Waals surface area contributed by atoms with Gasteiger partial charge in [0.15, 0.2) is 0 Å². The number of alkyl halides is 1. The maximum Gasteiger partial charge on any atom is 0.299 e. The number of halogens is 1. The highest BCUT2D eigenvalue weighted by atomic mass is 32.2. The van der Waals surface area contributed by atoms with E-state index in [1.807, 2.05) is 0 Å². The van der Waals surface area contributed by atoms with E-state index in [1.54, 1.807) is 6.92 Å². The minimum absolute atomic E-state index is 0.304. The van der Waals surface area contributed by atoms with Gasteiger partial charge >= 0.3 is 0 Å². The van der Waals surface area contributed by atoms with Crippen LogP contribution in [0.2, 0.25) is 0 Å². The summed E-state index contributed by atoms with van der Waals surface area (Å²) in [5.41, 5.74) is -2.74. The van der Waals surface area contributed by atoms with Crippen molar-refractivity contribution in [2.45, 2.75) is 25.3 Å². The third-order valence-electron chi connectivity index (χ3n) is 1.45. The summed E-state index contributed by atoms with van der Waals surface area (Å²) in [5, 5.41) is 0. The predicted molar refractivity (Wildman–Crippen MR) is 51.1 cm³/mol. The second-order valence-electron chi connectivity index (χ2n) is 2.82. The van der Waals surface area contributed by atoms with Crippen LogP contribution in [0.3, 0.4) is 0 Å². The van der Waals surface area contributed by atoms with E-state index in [0.29, 0.717) is 12.8 Å². The molecule has 0 aromatic rings. The first-order chi connectivity index (χ1) is 6.69. The number of hydrogen-bond acceptors (Lipinski definition) is 5. The Morgan fingerprint density at radius 2 is 1.87 bits per heavy atom. The van der Waals surface area contributed by atoms with Crippen molar-refractivity contribution in [3.8, 4) is 0 Å². The molecule has 0 bridgehead atoms. The van der Waals surface area contributed by atoms with Gasteiger partial charge in [0.2, 0.25) is 5.50 Å². The summed E-state index contributed by atoms with van der Waals surface area (Å²) in [6.07, 6.45) is 0.950. The number of hydrogen-bond donors (Lipinski definition) is 1. The van der Waals surface area contributed by atoms with Crippen LogP contribution >= 0.6 is 0 Å². The molecule has 0 saturated carbocycles. The van der Waals surface area contributed by atoms with Crippen molar-refractivity contribution in [3.63, 3.8) is 0 Å². The lowest BCUT2D eigenvalue weighted by Gasteiger charge is -2.06. The lowest BCUT2D eigenvalue weighted by molar-refractivity contribution is 0.240. The molecule has 0 rings (SSSR count). The molecular formula is C6H13FO6S2. The molecule has 0 aliphatic heterocycles. The second-order valence-corrected chi connectivity index (χ2v) is 6.13. The molecule has 0 radical (unpaired) electrons. The Hall–Kier alpha value is -0.250. The largest absolute Gasteiger partial charge is 0.299 e. The van der Waals surface area contributed by atoms with Crippen LogP contribution < -0.4 is 0 Å². The molecule has 1 atom stereocenters. The fourth-order valence-corrected chi connectivity index (χ4v) is 2.04. The van der Waals surface area contributed by atoms with E-state index in [1.165, 1.54) is 0 Å². The summed E-state index contributed by atoms with van der Waals surface area (Å²) in [7, 11) is -8.82. The molecular weight excluding hydrogens is 251 g/mol. The van der Waals surface area contributed by atoms with Gasteiger partial charge in [-0.05, 0) is 6.42 Å². The highest BCUT2D eigenvalue weighted by Crippen LogP contribution is 2.05. The van der Waals surface area contributed by atoms with E-state index in [9.17, 15) is 21.2 Å². The van der Waals surface area contributed by atoms with Gasteiger partial charge in [0.05, 0.1) is 5.75 Å². The summed E-state index contributed by atoms with van der Waals surface area (Å²) in [5.74, 6) is -0.304. The predicted octanol–water partition coefficient (Wildman–Crippen LogP) is 0.316. The Labute approximate surface area is 88.3 Å². The van der Waals surface area contributed by atoms with Crippen molar-refractivity contribution < 1.29 is 30.0 Å². The molecule has 0 aliphatic carbocycles. The molecule has 92 valence electrons. The van der Waals surface area contributed by atoms with Crippen LogP contribution in [0.5, 0.6) is 0 Å². The van der Waals surface area contributed by atoms with E-state index in [4.69, 9.17) is 4.55 Å². The van der Waals surface area contributed by atoms with E-state index < -0.39 is 32.3 Å². The van der Waals surface area contributed by atoms with Crippen molar-refractivity contribution in [1.29, 1.82) is 0 Å². The molecule has 0 fully saturated rings. The number of unbranched alkanes of at least 4 members (excludes halogenated alkanes) is 1. The normalized spacial score (nSPS) is 15.1. The quantitative estimate of drug-likeness (QED) is 0.525. The van der Waals surface area contributed by atoms with Crippen molar-refractivity contribution in [3.05, 3.63) is 0 Å². The van der Waals surface area contributed by atoms with Gasteiger partial charge in [-0.25, -0.2) is 4.39 Å². The zero-order chi connectivity index (χ0) is 12.1. The van der Waals surface area contributed by atoms with Gasteiger partial charge in [0.25, 0.3) is 20.2 Å². The van der Waals surface area contributed by atoms with Crippen molar-refractivity contribution in [1.82, 2.24) is 0 Å². The van der Waals surface area contributed by atoms with Crippen LogP contribution in [0.25, 0.3) is 0 Å². The first kappa shape index (κ1) is 14.8. The maximum absolute atomic E-state index is 12.5. The van der Waals surface area contributed by atoms with Gasteiger partial charge in [-0.1, -0.05) is 13.3 Å². The fourth-order valence-electron chi connectivity index (χ4n) is 0.623.